The Labute approximate surface area is 80.9 Å². The van der Waals surface area contributed by atoms with Crippen molar-refractivity contribution in [2.24, 2.45) is 0 Å². The summed E-state index contributed by atoms with van der Waals surface area (Å²) in [7, 11) is 0. The molecule has 7 heavy (non-hydrogen) atoms. The van der Waals surface area contributed by atoms with Gasteiger partial charge in [-0.2, -0.15) is 0 Å². The van der Waals surface area contributed by atoms with E-state index in [-0.39, 0.29) is 42.1 Å². The molecule has 0 radical (unpaired) electrons. The summed E-state index contributed by atoms with van der Waals surface area (Å²) >= 11 is 7.07. The van der Waals surface area contributed by atoms with Crippen LogP contribution >= 0.6 is 17.9 Å². The second-order valence-corrected chi connectivity index (χ2v) is 5.55. The minimum absolute atomic E-state index is 0. The zero-order valence-electron chi connectivity index (χ0n) is 3.01. The van der Waals surface area contributed by atoms with Gasteiger partial charge in [-0.05, 0) is 11.8 Å². The molecule has 0 amide bonds. The third-order valence-electron chi connectivity index (χ3n) is 0. The molecular formula is H3Mo2O2PS2. The van der Waals surface area contributed by atoms with Gasteiger partial charge in [-0.25, -0.2) is 0 Å². The van der Waals surface area contributed by atoms with Crippen LogP contribution in [0.5, 0.6) is 0 Å². The molecule has 0 aromatic carbocycles. The largest absolute Gasteiger partial charge is 0.338 e. The van der Waals surface area contributed by atoms with Gasteiger partial charge in [0, 0.05) is 42.1 Å². The molecular weight excluding hydrogens is 319 g/mol. The summed E-state index contributed by atoms with van der Waals surface area (Å²) in [5.74, 6) is 0. The molecule has 0 unspecified atom stereocenters. The Morgan fingerprint density at radius 3 is 1.29 bits per heavy atom. The van der Waals surface area contributed by atoms with Gasteiger partial charge in [0.25, 0.3) is 0 Å². The quantitative estimate of drug-likeness (QED) is 0.337. The Hall–Kier alpha value is 2.30. The number of hydrogen-bond acceptors (Lipinski definition) is 1. The molecule has 0 aliphatic carbocycles. The van der Waals surface area contributed by atoms with E-state index in [0.29, 0.717) is 0 Å². The van der Waals surface area contributed by atoms with Crippen LogP contribution in [-0.4, -0.2) is 9.79 Å². The first-order valence-corrected chi connectivity index (χ1v) is 4.64. The summed E-state index contributed by atoms with van der Waals surface area (Å²) in [5, 5.41) is 0. The number of hydrogen-bond donors (Lipinski definition) is 3. The van der Waals surface area contributed by atoms with Crippen LogP contribution in [0, 0.1) is 0 Å². The standard InChI is InChI=1S/2Mo.H3O2PS2/c;;1-3(2,4)5/h;;(H3,1,2,4,5). The summed E-state index contributed by atoms with van der Waals surface area (Å²) in [6, 6.07) is 0. The van der Waals surface area contributed by atoms with Crippen molar-refractivity contribution >= 4 is 29.7 Å². The maximum atomic E-state index is 7.87. The maximum absolute atomic E-state index is 7.87. The fraction of sp³-hybridized carbons (Fsp3) is 0. The van der Waals surface area contributed by atoms with E-state index in [4.69, 9.17) is 9.79 Å². The number of rotatable bonds is 0. The maximum Gasteiger partial charge on any atom is 0.239 e. The molecule has 0 saturated heterocycles. The summed E-state index contributed by atoms with van der Waals surface area (Å²) in [4.78, 5) is 15.7. The molecule has 2 nitrogen and oxygen atoms in total. The Kier molecular flexibility index (Phi) is 14.8. The van der Waals surface area contributed by atoms with Gasteiger partial charge in [-0.3, -0.25) is 0 Å². The second kappa shape index (κ2) is 6.42. The second-order valence-electron chi connectivity index (χ2n) is 0.513. The van der Waals surface area contributed by atoms with Crippen molar-refractivity contribution < 1.29 is 51.9 Å². The van der Waals surface area contributed by atoms with Crippen molar-refractivity contribution in [1.29, 1.82) is 0 Å². The van der Waals surface area contributed by atoms with Gasteiger partial charge in [0.2, 0.25) is 5.69 Å². The Bertz CT molecular complexity index is 59.8. The Morgan fingerprint density at radius 2 is 1.29 bits per heavy atom. The van der Waals surface area contributed by atoms with Crippen molar-refractivity contribution in [3.63, 3.8) is 0 Å². The molecule has 2 N–H and O–H groups in total. The minimum Gasteiger partial charge on any atom is -0.338 e. The van der Waals surface area contributed by atoms with E-state index in [1.807, 2.05) is 0 Å². The third-order valence-corrected chi connectivity index (χ3v) is 0. The molecule has 44 valence electrons. The van der Waals surface area contributed by atoms with Gasteiger partial charge in [-0.1, -0.05) is 12.2 Å². The van der Waals surface area contributed by atoms with Crippen molar-refractivity contribution in [2.45, 2.75) is 0 Å². The first-order chi connectivity index (χ1) is 2.00. The molecule has 0 aliphatic rings. The van der Waals surface area contributed by atoms with Gasteiger partial charge in [0.1, 0.15) is 0 Å². The van der Waals surface area contributed by atoms with Gasteiger partial charge in [-0.15, -0.1) is 0 Å². The Balaban J connectivity index is -0.0000000800. The van der Waals surface area contributed by atoms with Crippen LogP contribution < -0.4 is 0 Å². The molecule has 0 atom stereocenters. The van der Waals surface area contributed by atoms with Gasteiger partial charge in [0.05, 0.1) is 0 Å². The van der Waals surface area contributed by atoms with Crippen LogP contribution in [0.2, 0.25) is 0 Å². The Morgan fingerprint density at radius 1 is 1.29 bits per heavy atom. The predicted octanol–water partition coefficient (Wildman–Crippen LogP) is 0.120. The first-order valence-electron chi connectivity index (χ1n) is 0.783. The van der Waals surface area contributed by atoms with E-state index in [9.17, 15) is 0 Å². The van der Waals surface area contributed by atoms with Crippen LogP contribution in [0.15, 0.2) is 0 Å². The topological polar surface area (TPSA) is 40.5 Å². The van der Waals surface area contributed by atoms with Crippen molar-refractivity contribution in [2.75, 3.05) is 0 Å². The molecule has 0 heterocycles. The van der Waals surface area contributed by atoms with Crippen molar-refractivity contribution in [3.8, 4) is 0 Å². The summed E-state index contributed by atoms with van der Waals surface area (Å²) in [5.41, 5.74) is -3.11. The number of thiol groups is 1. The molecule has 0 aromatic heterocycles. The van der Waals surface area contributed by atoms with E-state index in [0.717, 1.165) is 0 Å². The molecule has 0 aliphatic heterocycles. The molecule has 0 bridgehead atoms. The van der Waals surface area contributed by atoms with E-state index in [1.54, 1.807) is 0 Å². The third kappa shape index (κ3) is 62.4. The summed E-state index contributed by atoms with van der Waals surface area (Å²) in [6.45, 7) is 0. The normalized spacial score (nSPS) is 8.43. The summed E-state index contributed by atoms with van der Waals surface area (Å²) in [6.07, 6.45) is 0. The van der Waals surface area contributed by atoms with Gasteiger partial charge >= 0.3 is 0 Å². The molecule has 0 spiro atoms. The fourth-order valence-electron chi connectivity index (χ4n) is 0. The van der Waals surface area contributed by atoms with Gasteiger partial charge in [0.15, 0.2) is 0 Å². The molecule has 7 heteroatoms. The average Bonchev–Trinajstić information content (AvgIpc) is 0.722. The fourth-order valence-corrected chi connectivity index (χ4v) is 0. The van der Waals surface area contributed by atoms with Gasteiger partial charge < -0.3 is 9.79 Å². The molecule has 0 saturated carbocycles. The van der Waals surface area contributed by atoms with Crippen LogP contribution in [0.3, 0.4) is 0 Å². The minimum atomic E-state index is -3.11. The van der Waals surface area contributed by atoms with E-state index < -0.39 is 5.69 Å². The van der Waals surface area contributed by atoms with E-state index in [2.05, 4.69) is 24.1 Å². The zero-order valence-corrected chi connectivity index (χ0v) is 9.63. The molecule has 0 fully saturated rings. The SMILES string of the molecule is OP(O)(=S)S.[Mo].[Mo]. The monoisotopic (exact) mass is 326 g/mol. The van der Waals surface area contributed by atoms with Crippen LogP contribution in [0.25, 0.3) is 0 Å². The van der Waals surface area contributed by atoms with Crippen LogP contribution in [0.4, 0.5) is 0 Å². The van der Waals surface area contributed by atoms with E-state index >= 15 is 0 Å². The average molecular weight is 322 g/mol. The molecule has 0 aromatic rings. The smallest absolute Gasteiger partial charge is 0.239 e. The molecule has 0 rings (SSSR count). The first kappa shape index (κ1) is 16.1. The predicted molar refractivity (Wildman–Crippen MR) is 27.7 cm³/mol. The van der Waals surface area contributed by atoms with Crippen LogP contribution in [0.1, 0.15) is 0 Å². The zero-order chi connectivity index (χ0) is 4.50. The van der Waals surface area contributed by atoms with Crippen molar-refractivity contribution in [1.82, 2.24) is 0 Å². The van der Waals surface area contributed by atoms with Crippen molar-refractivity contribution in [3.05, 3.63) is 0 Å². The summed E-state index contributed by atoms with van der Waals surface area (Å²) < 4.78 is 0. The van der Waals surface area contributed by atoms with E-state index in [1.165, 1.54) is 0 Å². The van der Waals surface area contributed by atoms with Crippen LogP contribution in [-0.2, 0) is 53.9 Å².